The third-order valence-corrected chi connectivity index (χ3v) is 4.65. The number of hydrogen-bond acceptors (Lipinski definition) is 4. The molecule has 0 spiro atoms. The van der Waals surface area contributed by atoms with Crippen molar-refractivity contribution in [3.63, 3.8) is 0 Å². The van der Waals surface area contributed by atoms with Gasteiger partial charge in [-0.3, -0.25) is 4.79 Å². The van der Waals surface area contributed by atoms with Gasteiger partial charge in [-0.05, 0) is 41.5 Å². The maximum atomic E-state index is 12.7. The first-order valence-corrected chi connectivity index (χ1v) is 7.68. The van der Waals surface area contributed by atoms with Gasteiger partial charge >= 0.3 is 0 Å². The second-order valence-electron chi connectivity index (χ2n) is 5.36. The van der Waals surface area contributed by atoms with E-state index in [1.54, 1.807) is 6.20 Å². The van der Waals surface area contributed by atoms with Gasteiger partial charge in [-0.25, -0.2) is 4.98 Å². The van der Waals surface area contributed by atoms with Crippen molar-refractivity contribution >= 4 is 21.8 Å². The second kappa shape index (κ2) is 5.79. The summed E-state index contributed by atoms with van der Waals surface area (Å²) in [5, 5.41) is 0. The number of amides is 1. The predicted octanol–water partition coefficient (Wildman–Crippen LogP) is 1.39. The fourth-order valence-electron chi connectivity index (χ4n) is 2.96. The Hall–Kier alpha value is -0.980. The number of piperidine rings is 1. The fourth-order valence-corrected chi connectivity index (χ4v) is 3.39. The lowest BCUT2D eigenvalue weighted by molar-refractivity contribution is -0.0871. The van der Waals surface area contributed by atoms with Crippen LogP contribution in [0.2, 0.25) is 0 Å². The average Bonchev–Trinajstić information content (AvgIpc) is 2.46. The van der Waals surface area contributed by atoms with E-state index in [4.69, 9.17) is 4.74 Å². The average molecular weight is 340 g/mol. The lowest BCUT2D eigenvalue weighted by Gasteiger charge is -2.46. The van der Waals surface area contributed by atoms with Gasteiger partial charge in [0.15, 0.2) is 0 Å². The Kier molecular flexibility index (Phi) is 4.05. The van der Waals surface area contributed by atoms with Crippen LogP contribution in [0.5, 0.6) is 0 Å². The molecule has 0 N–H and O–H groups in total. The highest BCUT2D eigenvalue weighted by molar-refractivity contribution is 9.10. The number of likely N-dealkylation sites (N-methyl/N-ethyl adjacent to an activating group) is 1. The van der Waals surface area contributed by atoms with Crippen molar-refractivity contribution in [2.75, 3.05) is 33.3 Å². The number of morpholine rings is 1. The van der Waals surface area contributed by atoms with E-state index < -0.39 is 0 Å². The molecule has 0 saturated carbocycles. The van der Waals surface area contributed by atoms with Crippen molar-refractivity contribution in [3.8, 4) is 0 Å². The van der Waals surface area contributed by atoms with Gasteiger partial charge < -0.3 is 14.5 Å². The molecule has 1 amide bonds. The Morgan fingerprint density at radius 1 is 1.50 bits per heavy atom. The molecule has 5 nitrogen and oxygen atoms in total. The second-order valence-corrected chi connectivity index (χ2v) is 6.21. The molecule has 0 aliphatic carbocycles. The normalized spacial score (nSPS) is 27.2. The molecule has 6 heteroatoms. The third kappa shape index (κ3) is 2.60. The Morgan fingerprint density at radius 3 is 3.15 bits per heavy atom. The molecule has 0 unspecified atom stereocenters. The summed E-state index contributed by atoms with van der Waals surface area (Å²) in [5.41, 5.74) is 0.487. The van der Waals surface area contributed by atoms with E-state index >= 15 is 0 Å². The summed E-state index contributed by atoms with van der Waals surface area (Å²) in [4.78, 5) is 21.1. The van der Waals surface area contributed by atoms with Gasteiger partial charge in [0.05, 0.1) is 18.8 Å². The summed E-state index contributed by atoms with van der Waals surface area (Å²) in [6, 6.07) is 3.80. The maximum absolute atomic E-state index is 12.7. The van der Waals surface area contributed by atoms with Gasteiger partial charge in [-0.2, -0.15) is 0 Å². The summed E-state index contributed by atoms with van der Waals surface area (Å²) in [6.45, 7) is 3.13. The Morgan fingerprint density at radius 2 is 2.35 bits per heavy atom. The zero-order chi connectivity index (χ0) is 14.1. The van der Waals surface area contributed by atoms with Crippen molar-refractivity contribution in [2.24, 2.45) is 0 Å². The standard InChI is InChI=1S/C14H18BrN3O2/c1-17-6-4-12-11(9-17)18(7-8-20-12)14(19)13-10(15)3-2-5-16-13/h2-3,5,11-12H,4,6-9H2,1H3/t11-,12+/m0/s1. The van der Waals surface area contributed by atoms with E-state index in [2.05, 4.69) is 32.9 Å². The number of rotatable bonds is 1. The van der Waals surface area contributed by atoms with Crippen molar-refractivity contribution in [3.05, 3.63) is 28.5 Å². The third-order valence-electron chi connectivity index (χ3n) is 4.01. The molecule has 2 aliphatic rings. The summed E-state index contributed by atoms with van der Waals surface area (Å²) in [7, 11) is 2.09. The molecule has 0 aromatic carbocycles. The summed E-state index contributed by atoms with van der Waals surface area (Å²) in [6.07, 6.45) is 2.79. The number of fused-ring (bicyclic) bond motifs is 1. The number of nitrogens with zero attached hydrogens (tertiary/aromatic N) is 3. The molecule has 2 saturated heterocycles. The van der Waals surface area contributed by atoms with Crippen LogP contribution < -0.4 is 0 Å². The van der Waals surface area contributed by atoms with Gasteiger partial charge in [-0.15, -0.1) is 0 Å². The first-order chi connectivity index (χ1) is 9.66. The number of pyridine rings is 1. The molecule has 108 valence electrons. The minimum absolute atomic E-state index is 0.00826. The minimum Gasteiger partial charge on any atom is -0.374 e. The molecule has 2 atom stereocenters. The lowest BCUT2D eigenvalue weighted by Crippen LogP contribution is -2.60. The fraction of sp³-hybridized carbons (Fsp3) is 0.571. The van der Waals surface area contributed by atoms with Crippen LogP contribution in [0.25, 0.3) is 0 Å². The van der Waals surface area contributed by atoms with Gasteiger partial charge in [0.1, 0.15) is 5.69 Å². The van der Waals surface area contributed by atoms with Gasteiger partial charge in [-0.1, -0.05) is 0 Å². The molecule has 3 rings (SSSR count). The molecule has 1 aromatic heterocycles. The number of likely N-dealkylation sites (tertiary alicyclic amines) is 1. The first kappa shape index (κ1) is 14.0. The van der Waals surface area contributed by atoms with E-state index in [0.29, 0.717) is 18.8 Å². The molecule has 2 fully saturated rings. The SMILES string of the molecule is CN1CC[C@H]2OCCN(C(=O)c3ncccc3Br)[C@H]2C1. The summed E-state index contributed by atoms with van der Waals surface area (Å²) < 4.78 is 6.57. The Bertz CT molecular complexity index is 511. The number of hydrogen-bond donors (Lipinski definition) is 0. The molecule has 0 bridgehead atoms. The number of carbonyl (C=O) groups is 1. The van der Waals surface area contributed by atoms with Gasteiger partial charge in [0.2, 0.25) is 0 Å². The van der Waals surface area contributed by atoms with Crippen LogP contribution >= 0.6 is 15.9 Å². The first-order valence-electron chi connectivity index (χ1n) is 6.88. The van der Waals surface area contributed by atoms with Crippen LogP contribution in [-0.4, -0.2) is 66.1 Å². The highest BCUT2D eigenvalue weighted by Gasteiger charge is 2.39. The zero-order valence-corrected chi connectivity index (χ0v) is 13.0. The van der Waals surface area contributed by atoms with Gasteiger partial charge in [0.25, 0.3) is 5.91 Å². The largest absolute Gasteiger partial charge is 0.374 e. The molecular formula is C14H18BrN3O2. The number of aromatic nitrogens is 1. The van der Waals surface area contributed by atoms with Crippen LogP contribution in [0.3, 0.4) is 0 Å². The van der Waals surface area contributed by atoms with E-state index in [9.17, 15) is 4.79 Å². The number of halogens is 1. The van der Waals surface area contributed by atoms with E-state index in [1.807, 2.05) is 17.0 Å². The van der Waals surface area contributed by atoms with Crippen LogP contribution in [0, 0.1) is 0 Å². The predicted molar refractivity (Wildman–Crippen MR) is 78.6 cm³/mol. The van der Waals surface area contributed by atoms with E-state index in [-0.39, 0.29) is 18.1 Å². The molecule has 0 radical (unpaired) electrons. The summed E-state index contributed by atoms with van der Waals surface area (Å²) in [5.74, 6) is -0.00826. The monoisotopic (exact) mass is 339 g/mol. The molecule has 1 aromatic rings. The van der Waals surface area contributed by atoms with E-state index in [0.717, 1.165) is 24.0 Å². The quantitative estimate of drug-likeness (QED) is 0.775. The van der Waals surface area contributed by atoms with E-state index in [1.165, 1.54) is 0 Å². The van der Waals surface area contributed by atoms with Crippen LogP contribution in [0.15, 0.2) is 22.8 Å². The van der Waals surface area contributed by atoms with Crippen molar-refractivity contribution < 1.29 is 9.53 Å². The highest BCUT2D eigenvalue weighted by atomic mass is 79.9. The van der Waals surface area contributed by atoms with Crippen LogP contribution in [0.1, 0.15) is 16.9 Å². The molecule has 20 heavy (non-hydrogen) atoms. The highest BCUT2D eigenvalue weighted by Crippen LogP contribution is 2.25. The Labute approximate surface area is 127 Å². The topological polar surface area (TPSA) is 45.7 Å². The smallest absolute Gasteiger partial charge is 0.274 e. The molecular weight excluding hydrogens is 322 g/mol. The number of carbonyl (C=O) groups excluding carboxylic acids is 1. The van der Waals surface area contributed by atoms with Crippen molar-refractivity contribution in [1.29, 1.82) is 0 Å². The van der Waals surface area contributed by atoms with Gasteiger partial charge in [0, 0.05) is 30.3 Å². The molecule has 3 heterocycles. The minimum atomic E-state index is -0.00826. The Balaban J connectivity index is 1.84. The molecule has 2 aliphatic heterocycles. The van der Waals surface area contributed by atoms with Crippen molar-refractivity contribution in [2.45, 2.75) is 18.6 Å². The summed E-state index contributed by atoms with van der Waals surface area (Å²) >= 11 is 3.41. The van der Waals surface area contributed by atoms with Crippen LogP contribution in [0.4, 0.5) is 0 Å². The van der Waals surface area contributed by atoms with Crippen LogP contribution in [-0.2, 0) is 4.74 Å². The lowest BCUT2D eigenvalue weighted by atomic mass is 9.98. The van der Waals surface area contributed by atoms with Crippen molar-refractivity contribution in [1.82, 2.24) is 14.8 Å². The zero-order valence-electron chi connectivity index (χ0n) is 11.5. The maximum Gasteiger partial charge on any atom is 0.274 e. The number of ether oxygens (including phenoxy) is 1.